The van der Waals surface area contributed by atoms with Crippen LogP contribution in [0.15, 0.2) is 94.0 Å². The number of hydrogen-bond acceptors (Lipinski definition) is 8. The predicted octanol–water partition coefficient (Wildman–Crippen LogP) is 8.81. The number of hydrogen-bond donors (Lipinski definition) is 3. The van der Waals surface area contributed by atoms with Crippen molar-refractivity contribution in [2.45, 2.75) is 39.0 Å². The van der Waals surface area contributed by atoms with E-state index in [9.17, 15) is 5.11 Å². The van der Waals surface area contributed by atoms with Crippen LogP contribution in [0, 0.1) is 0 Å². The lowest BCUT2D eigenvalue weighted by Crippen LogP contribution is -1.89. The number of rotatable bonds is 4. The van der Waals surface area contributed by atoms with Crippen LogP contribution in [-0.2, 0) is 9.37 Å². The summed E-state index contributed by atoms with van der Waals surface area (Å²) in [4.78, 5) is 0.478. The van der Waals surface area contributed by atoms with Crippen LogP contribution < -0.4 is 5.32 Å². The number of aromatic hydroxyl groups is 1. The molecule has 4 rings (SSSR count). The minimum Gasteiger partial charge on any atom is -0.505 e. The first-order chi connectivity index (χ1) is 17.6. The Morgan fingerprint density at radius 2 is 1.25 bits per heavy atom. The normalized spacial score (nSPS) is 9.67. The summed E-state index contributed by atoms with van der Waals surface area (Å²) < 4.78 is 4.37. The Bertz CT molecular complexity index is 1070. The second-order valence-electron chi connectivity index (χ2n) is 6.87. The molecule has 0 aromatic heterocycles. The maximum Gasteiger partial charge on any atom is 0.152 e. The summed E-state index contributed by atoms with van der Waals surface area (Å²) in [6, 6.07) is 25.7. The summed E-state index contributed by atoms with van der Waals surface area (Å²) in [6.07, 6.45) is 1.25. The van der Waals surface area contributed by atoms with Gasteiger partial charge in [-0.25, -0.2) is 5.26 Å². The van der Waals surface area contributed by atoms with E-state index >= 15 is 0 Å². The highest BCUT2D eigenvalue weighted by Crippen LogP contribution is 2.43. The summed E-state index contributed by atoms with van der Waals surface area (Å²) in [7, 11) is 5.24. The van der Waals surface area contributed by atoms with Gasteiger partial charge in [0.25, 0.3) is 0 Å². The van der Waals surface area contributed by atoms with Crippen molar-refractivity contribution in [2.24, 2.45) is 10.2 Å². The summed E-state index contributed by atoms with van der Waals surface area (Å²) in [5.41, 5.74) is 0.262. The number of nitrogens with one attached hydrogen (secondary N) is 1. The van der Waals surface area contributed by atoms with E-state index in [1.807, 2.05) is 46.1 Å². The zero-order valence-corrected chi connectivity index (χ0v) is 23.0. The SMILES string of the molecule is CC.CCC.CN=Nc1c(SOOO)cc2ccccc2c1O.CNC.c1ccc2ccccc2c1. The van der Waals surface area contributed by atoms with Gasteiger partial charge in [-0.05, 0) is 36.3 Å². The third-order valence-electron chi connectivity index (χ3n) is 3.97. The van der Waals surface area contributed by atoms with Crippen LogP contribution >= 0.6 is 12.0 Å². The Hall–Kier alpha value is -3.01. The maximum absolute atomic E-state index is 10.1. The van der Waals surface area contributed by atoms with E-state index in [1.165, 1.54) is 24.2 Å². The van der Waals surface area contributed by atoms with Crippen LogP contribution in [0.4, 0.5) is 5.69 Å². The van der Waals surface area contributed by atoms with Gasteiger partial charge in [-0.2, -0.15) is 10.2 Å². The molecule has 0 amide bonds. The molecule has 36 heavy (non-hydrogen) atoms. The van der Waals surface area contributed by atoms with Crippen molar-refractivity contribution in [1.82, 2.24) is 5.32 Å². The predicted molar refractivity (Wildman–Crippen MR) is 153 cm³/mol. The molecule has 0 heterocycles. The topological polar surface area (TPSA) is 95.7 Å². The van der Waals surface area contributed by atoms with Gasteiger partial charge in [0, 0.05) is 12.4 Å². The Kier molecular flexibility index (Phi) is 19.5. The van der Waals surface area contributed by atoms with E-state index in [4.69, 9.17) is 5.26 Å². The van der Waals surface area contributed by atoms with E-state index in [1.54, 1.807) is 12.1 Å². The van der Waals surface area contributed by atoms with Crippen LogP contribution in [-0.4, -0.2) is 31.5 Å². The van der Waals surface area contributed by atoms with Crippen LogP contribution in [0.2, 0.25) is 0 Å². The molecule has 0 saturated heterocycles. The van der Waals surface area contributed by atoms with Gasteiger partial charge < -0.3 is 10.4 Å². The number of nitrogens with zero attached hydrogens (tertiary/aromatic N) is 2. The molecule has 3 N–H and O–H groups in total. The van der Waals surface area contributed by atoms with Crippen molar-refractivity contribution < 1.29 is 19.7 Å². The highest BCUT2D eigenvalue weighted by molar-refractivity contribution is 7.94. The first-order valence-electron chi connectivity index (χ1n) is 11.8. The van der Waals surface area contributed by atoms with Crippen molar-refractivity contribution in [3.63, 3.8) is 0 Å². The lowest BCUT2D eigenvalue weighted by atomic mass is 10.1. The van der Waals surface area contributed by atoms with Gasteiger partial charge in [-0.15, -0.1) is 4.33 Å². The molecule has 0 saturated carbocycles. The molecule has 0 unspecified atom stereocenters. The molecular weight excluding hydrogens is 474 g/mol. The number of phenols is 1. The molecule has 4 aromatic carbocycles. The van der Waals surface area contributed by atoms with Crippen LogP contribution in [0.5, 0.6) is 5.75 Å². The van der Waals surface area contributed by atoms with Gasteiger partial charge in [0.05, 0.1) is 16.9 Å². The van der Waals surface area contributed by atoms with Crippen molar-refractivity contribution in [1.29, 1.82) is 0 Å². The first kappa shape index (κ1) is 33.0. The molecule has 0 fully saturated rings. The van der Waals surface area contributed by atoms with Gasteiger partial charge in [0.15, 0.2) is 5.75 Å². The highest BCUT2D eigenvalue weighted by atomic mass is 32.2. The highest BCUT2D eigenvalue weighted by Gasteiger charge is 2.14. The van der Waals surface area contributed by atoms with Crippen molar-refractivity contribution in [3.05, 3.63) is 78.9 Å². The van der Waals surface area contributed by atoms with E-state index in [2.05, 4.69) is 87.3 Å². The fourth-order valence-electron chi connectivity index (χ4n) is 2.74. The van der Waals surface area contributed by atoms with Gasteiger partial charge in [0.2, 0.25) is 0 Å². The zero-order chi connectivity index (χ0) is 27.2. The Balaban J connectivity index is 0.000000570. The smallest absolute Gasteiger partial charge is 0.152 e. The fraction of sp³-hybridized carbons (Fsp3) is 0.286. The van der Waals surface area contributed by atoms with E-state index < -0.39 is 0 Å². The van der Waals surface area contributed by atoms with Gasteiger partial charge in [-0.3, -0.25) is 0 Å². The van der Waals surface area contributed by atoms with Crippen LogP contribution in [0.1, 0.15) is 34.1 Å². The van der Waals surface area contributed by atoms with Gasteiger partial charge >= 0.3 is 0 Å². The van der Waals surface area contributed by atoms with Gasteiger partial charge in [0.1, 0.15) is 5.69 Å². The van der Waals surface area contributed by atoms with Crippen LogP contribution in [0.25, 0.3) is 21.5 Å². The molecule has 0 aliphatic rings. The lowest BCUT2D eigenvalue weighted by Gasteiger charge is -2.08. The molecule has 8 heteroatoms. The second-order valence-corrected chi connectivity index (χ2v) is 7.62. The molecule has 4 aromatic rings. The molecule has 196 valence electrons. The third-order valence-corrected chi connectivity index (χ3v) is 4.59. The number of benzene rings is 4. The third kappa shape index (κ3) is 11.6. The Labute approximate surface area is 219 Å². The average molecular weight is 514 g/mol. The van der Waals surface area contributed by atoms with Gasteiger partial charge in [-0.1, -0.05) is 112 Å². The van der Waals surface area contributed by atoms with Crippen molar-refractivity contribution in [2.75, 3.05) is 21.1 Å². The minimum absolute atomic E-state index is 0.00254. The molecule has 0 atom stereocenters. The number of azo groups is 1. The maximum atomic E-state index is 10.1. The zero-order valence-electron chi connectivity index (χ0n) is 22.2. The largest absolute Gasteiger partial charge is 0.505 e. The molecule has 0 aliphatic heterocycles. The van der Waals surface area contributed by atoms with E-state index in [0.717, 1.165) is 17.4 Å². The fourth-order valence-corrected chi connectivity index (χ4v) is 3.23. The monoisotopic (exact) mass is 513 g/mol. The standard InChI is InChI=1S/C11H10N2O4S.C10H8.C3H8.C2H7N.C2H6/c1-12-13-10-9(18-17-16-15)6-7-4-2-3-5-8(7)11(10)14;1-2-6-10-8-4-3-7-9(10)5-1;2*1-3-2;1-2/h2-6,14-15H,1H3;1-8H;3H2,1-2H3;3H,1-2H3;1-2H3. The molecule has 0 aliphatic carbocycles. The second kappa shape index (κ2) is 21.3. The van der Waals surface area contributed by atoms with Crippen LogP contribution in [0.3, 0.4) is 0 Å². The summed E-state index contributed by atoms with van der Waals surface area (Å²) in [6.45, 7) is 8.25. The number of fused-ring (bicyclic) bond motifs is 2. The van der Waals surface area contributed by atoms with E-state index in [-0.39, 0.29) is 11.4 Å². The summed E-state index contributed by atoms with van der Waals surface area (Å²) in [5.74, 6) is 0.00254. The minimum atomic E-state index is 0.00254. The lowest BCUT2D eigenvalue weighted by molar-refractivity contribution is -0.432. The molecule has 0 spiro atoms. The Morgan fingerprint density at radius 1 is 0.833 bits per heavy atom. The average Bonchev–Trinajstić information content (AvgIpc) is 2.92. The Morgan fingerprint density at radius 3 is 1.67 bits per heavy atom. The van der Waals surface area contributed by atoms with E-state index in [0.29, 0.717) is 10.3 Å². The van der Waals surface area contributed by atoms with Crippen molar-refractivity contribution in [3.8, 4) is 5.75 Å². The number of phenolic OH excluding ortho intramolecular Hbond substituents is 1. The molecule has 7 nitrogen and oxygen atoms in total. The summed E-state index contributed by atoms with van der Waals surface area (Å²) in [5, 5.41) is 36.2. The molecule has 0 bridgehead atoms. The molecule has 0 radical (unpaired) electrons. The van der Waals surface area contributed by atoms with Crippen molar-refractivity contribution >= 4 is 39.3 Å². The first-order valence-corrected chi connectivity index (χ1v) is 12.5. The summed E-state index contributed by atoms with van der Waals surface area (Å²) >= 11 is 0.730. The molecular formula is C28H39N3O4S. The quantitative estimate of drug-likeness (QED) is 0.109.